The van der Waals surface area contributed by atoms with Crippen molar-refractivity contribution >= 4 is 17.9 Å². The number of nitrogens with one attached hydrogen (secondary N) is 2. The Balaban J connectivity index is 1.55. The molecule has 1 saturated heterocycles. The molecule has 0 bridgehead atoms. The minimum Gasteiger partial charge on any atom is -0.493 e. The Morgan fingerprint density at radius 2 is 1.51 bits per heavy atom. The Hall–Kier alpha value is -4.17. The van der Waals surface area contributed by atoms with Gasteiger partial charge >= 0.3 is 11.8 Å². The number of hydrogen-bond acceptors (Lipinski definition) is 5. The predicted octanol–water partition coefficient (Wildman–Crippen LogP) is 5.44. The van der Waals surface area contributed by atoms with Crippen molar-refractivity contribution in [2.45, 2.75) is 28.9 Å². The number of aromatic amines is 2. The first-order valence-corrected chi connectivity index (χ1v) is 13.8. The van der Waals surface area contributed by atoms with Crippen molar-refractivity contribution < 1.29 is 14.6 Å². The molecule has 8 heteroatoms. The van der Waals surface area contributed by atoms with Crippen molar-refractivity contribution in [2.24, 2.45) is 0 Å². The van der Waals surface area contributed by atoms with E-state index in [-0.39, 0.29) is 23.8 Å². The number of amides is 1. The van der Waals surface area contributed by atoms with Gasteiger partial charge in [0.25, 0.3) is 0 Å². The van der Waals surface area contributed by atoms with Gasteiger partial charge in [-0.2, -0.15) is 0 Å². The lowest BCUT2D eigenvalue weighted by atomic mass is 9.84. The molecule has 1 fully saturated rings. The van der Waals surface area contributed by atoms with Crippen LogP contribution < -0.4 is 5.69 Å². The average molecular weight is 542 g/mol. The van der Waals surface area contributed by atoms with E-state index in [1.165, 1.54) is 6.08 Å². The van der Waals surface area contributed by atoms with Crippen molar-refractivity contribution in [2.75, 3.05) is 13.2 Å². The zero-order valence-corrected chi connectivity index (χ0v) is 22.3. The fraction of sp³-hybridized carbons (Fsp3) is 0.226. The van der Waals surface area contributed by atoms with E-state index in [1.54, 1.807) is 4.90 Å². The number of likely N-dealkylation sites (tertiary alicyclic amines) is 1. The van der Waals surface area contributed by atoms with E-state index in [9.17, 15) is 14.7 Å². The summed E-state index contributed by atoms with van der Waals surface area (Å²) in [6, 6.07) is 31.0. The van der Waals surface area contributed by atoms with Gasteiger partial charge in [0.1, 0.15) is 6.61 Å². The zero-order chi connectivity index (χ0) is 27.2. The van der Waals surface area contributed by atoms with Gasteiger partial charge in [-0.05, 0) is 23.1 Å². The number of ether oxygens (including phenoxy) is 1. The lowest BCUT2D eigenvalue weighted by molar-refractivity contribution is 0.108. The molecule has 2 atom stereocenters. The number of aromatic hydroxyl groups is 1. The van der Waals surface area contributed by atoms with Gasteiger partial charge in [0.2, 0.25) is 5.88 Å². The Bertz CT molecular complexity index is 1360. The van der Waals surface area contributed by atoms with Crippen LogP contribution in [0.2, 0.25) is 0 Å². The smallest absolute Gasteiger partial charge is 0.410 e. The summed E-state index contributed by atoms with van der Waals surface area (Å²) in [4.78, 5) is 31.6. The predicted molar refractivity (Wildman–Crippen MR) is 154 cm³/mol. The second-order valence-corrected chi connectivity index (χ2v) is 11.1. The van der Waals surface area contributed by atoms with Crippen LogP contribution in [0.1, 0.15) is 28.8 Å². The van der Waals surface area contributed by atoms with Crippen molar-refractivity contribution in [3.05, 3.63) is 137 Å². The van der Waals surface area contributed by atoms with Crippen LogP contribution in [0.5, 0.6) is 5.88 Å². The van der Waals surface area contributed by atoms with Gasteiger partial charge in [-0.1, -0.05) is 104 Å². The van der Waals surface area contributed by atoms with E-state index in [1.807, 2.05) is 30.0 Å². The first-order valence-electron chi connectivity index (χ1n) is 12.9. The van der Waals surface area contributed by atoms with Crippen LogP contribution in [0.25, 0.3) is 0 Å². The van der Waals surface area contributed by atoms with Crippen molar-refractivity contribution in [1.29, 1.82) is 0 Å². The summed E-state index contributed by atoms with van der Waals surface area (Å²) in [7, 11) is 0. The standard InChI is InChI=1S/C31H31N3O4S/c1-2-18-38-30(37)34-21-26(19-25(34)20-27-28(35)33-29(36)32-27)39-31(22-12-6-3-7-13-22,23-14-8-4-9-15-23)24-16-10-5-11-17-24/h2-17,25-26,35H,1,18-21H2,(H2,32,33,36)/t25-,26-/m0/s1. The van der Waals surface area contributed by atoms with Crippen LogP contribution in [0.3, 0.4) is 0 Å². The third kappa shape index (κ3) is 5.52. The van der Waals surface area contributed by atoms with E-state index in [0.717, 1.165) is 16.7 Å². The number of thioether (sulfide) groups is 1. The Morgan fingerprint density at radius 3 is 1.97 bits per heavy atom. The summed E-state index contributed by atoms with van der Waals surface area (Å²) in [5.74, 6) is -0.206. The summed E-state index contributed by atoms with van der Waals surface area (Å²) in [5.41, 5.74) is 3.32. The van der Waals surface area contributed by atoms with Crippen LogP contribution in [-0.4, -0.2) is 50.5 Å². The monoisotopic (exact) mass is 541 g/mol. The van der Waals surface area contributed by atoms with Gasteiger partial charge in [0.05, 0.1) is 10.4 Å². The van der Waals surface area contributed by atoms with Crippen LogP contribution in [0.15, 0.2) is 108 Å². The van der Waals surface area contributed by atoms with Crippen LogP contribution in [0.4, 0.5) is 4.79 Å². The number of imidazole rings is 1. The molecule has 1 amide bonds. The van der Waals surface area contributed by atoms with Gasteiger partial charge in [-0.25, -0.2) is 9.59 Å². The molecule has 39 heavy (non-hydrogen) atoms. The van der Waals surface area contributed by atoms with E-state index >= 15 is 0 Å². The SMILES string of the molecule is C=CCOC(=O)N1C[C@@H](SC(c2ccccc2)(c2ccccc2)c2ccccc2)C[C@H]1Cc1[nH]c(=O)[nH]c1O. The molecule has 1 aliphatic rings. The maximum Gasteiger partial charge on any atom is 0.410 e. The number of carbonyl (C=O) groups excluding carboxylic acids is 1. The summed E-state index contributed by atoms with van der Waals surface area (Å²) in [6.07, 6.45) is 2.04. The molecule has 1 aliphatic heterocycles. The fourth-order valence-corrected chi connectivity index (χ4v) is 7.23. The van der Waals surface area contributed by atoms with Crippen LogP contribution in [0, 0.1) is 0 Å². The lowest BCUT2D eigenvalue weighted by Crippen LogP contribution is -2.38. The normalized spacial score (nSPS) is 17.2. The van der Waals surface area contributed by atoms with Crippen molar-refractivity contribution in [3.63, 3.8) is 0 Å². The minimum atomic E-state index is -0.537. The van der Waals surface area contributed by atoms with E-state index in [0.29, 0.717) is 25.1 Å². The van der Waals surface area contributed by atoms with E-state index < -0.39 is 16.5 Å². The highest BCUT2D eigenvalue weighted by Gasteiger charge is 2.44. The number of benzene rings is 3. The fourth-order valence-electron chi connectivity index (χ4n) is 5.36. The maximum absolute atomic E-state index is 13.1. The summed E-state index contributed by atoms with van der Waals surface area (Å²) < 4.78 is 4.89. The van der Waals surface area contributed by atoms with Gasteiger partial charge in [-0.15, -0.1) is 11.8 Å². The highest BCUT2D eigenvalue weighted by Crippen LogP contribution is 2.52. The Kier molecular flexibility index (Phi) is 7.93. The zero-order valence-electron chi connectivity index (χ0n) is 21.5. The molecule has 7 nitrogen and oxygen atoms in total. The third-order valence-corrected chi connectivity index (χ3v) is 8.78. The first-order chi connectivity index (χ1) is 19.0. The third-order valence-electron chi connectivity index (χ3n) is 7.04. The number of carbonyl (C=O) groups is 1. The van der Waals surface area contributed by atoms with Crippen molar-refractivity contribution in [3.8, 4) is 5.88 Å². The number of aromatic nitrogens is 2. The Labute approximate surface area is 231 Å². The molecule has 0 saturated carbocycles. The maximum atomic E-state index is 13.1. The second-order valence-electron chi connectivity index (χ2n) is 9.54. The van der Waals surface area contributed by atoms with Gasteiger partial charge in [-0.3, -0.25) is 4.98 Å². The minimum absolute atomic E-state index is 0.0275. The molecule has 4 aromatic rings. The quantitative estimate of drug-likeness (QED) is 0.194. The molecule has 0 radical (unpaired) electrons. The topological polar surface area (TPSA) is 98.4 Å². The number of H-pyrrole nitrogens is 2. The van der Waals surface area contributed by atoms with E-state index in [2.05, 4.69) is 89.3 Å². The lowest BCUT2D eigenvalue weighted by Gasteiger charge is -2.37. The largest absolute Gasteiger partial charge is 0.493 e. The Morgan fingerprint density at radius 1 is 0.974 bits per heavy atom. The highest BCUT2D eigenvalue weighted by molar-refractivity contribution is 8.01. The summed E-state index contributed by atoms with van der Waals surface area (Å²) >= 11 is 1.82. The van der Waals surface area contributed by atoms with E-state index in [4.69, 9.17) is 4.74 Å². The van der Waals surface area contributed by atoms with Crippen LogP contribution in [-0.2, 0) is 15.9 Å². The highest BCUT2D eigenvalue weighted by atomic mass is 32.2. The molecule has 3 N–H and O–H groups in total. The average Bonchev–Trinajstić information content (AvgIpc) is 3.52. The molecular weight excluding hydrogens is 510 g/mol. The molecule has 0 unspecified atom stereocenters. The number of hydrogen-bond donors (Lipinski definition) is 3. The van der Waals surface area contributed by atoms with Gasteiger partial charge < -0.3 is 19.7 Å². The molecule has 2 heterocycles. The molecular formula is C31H31N3O4S. The molecule has 5 rings (SSSR count). The number of nitrogens with zero attached hydrogens (tertiary/aromatic N) is 1. The summed E-state index contributed by atoms with van der Waals surface area (Å²) in [5, 5.41) is 10.2. The molecule has 1 aromatic heterocycles. The number of rotatable bonds is 9. The second kappa shape index (κ2) is 11.7. The van der Waals surface area contributed by atoms with Gasteiger partial charge in [0.15, 0.2) is 0 Å². The van der Waals surface area contributed by atoms with Crippen LogP contribution >= 0.6 is 11.8 Å². The van der Waals surface area contributed by atoms with Crippen molar-refractivity contribution in [1.82, 2.24) is 14.9 Å². The van der Waals surface area contributed by atoms with Gasteiger partial charge in [0, 0.05) is 24.3 Å². The molecule has 0 spiro atoms. The molecule has 0 aliphatic carbocycles. The molecule has 200 valence electrons. The molecule has 3 aromatic carbocycles. The summed E-state index contributed by atoms with van der Waals surface area (Å²) in [6.45, 7) is 4.21. The first kappa shape index (κ1) is 26.4.